The van der Waals surface area contributed by atoms with Crippen LogP contribution in [0.5, 0.6) is 0 Å². The molecule has 4 rings (SSSR count). The summed E-state index contributed by atoms with van der Waals surface area (Å²) in [5.41, 5.74) is 0.623. The first-order chi connectivity index (χ1) is 14.0. The predicted octanol–water partition coefficient (Wildman–Crippen LogP) is 4.56. The number of nitrogens with one attached hydrogen (secondary N) is 1. The lowest BCUT2D eigenvalue weighted by atomic mass is 10.1. The van der Waals surface area contributed by atoms with Gasteiger partial charge in [0.25, 0.3) is 11.8 Å². The smallest absolute Gasteiger partial charge is 0.286 e. The number of nitrogens with zero attached hydrogens (tertiary/aromatic N) is 3. The van der Waals surface area contributed by atoms with Crippen LogP contribution in [-0.4, -0.2) is 33.5 Å². The van der Waals surface area contributed by atoms with Crippen LogP contribution in [0.4, 0.5) is 10.1 Å². The Kier molecular flexibility index (Phi) is 5.55. The van der Waals surface area contributed by atoms with E-state index in [9.17, 15) is 14.0 Å². The summed E-state index contributed by atoms with van der Waals surface area (Å²) in [5.74, 6) is -1.32. The second kappa shape index (κ2) is 8.26. The molecule has 0 saturated carbocycles. The van der Waals surface area contributed by atoms with Gasteiger partial charge in [-0.25, -0.2) is 4.39 Å². The van der Waals surface area contributed by atoms with Gasteiger partial charge in [0, 0.05) is 17.3 Å². The van der Waals surface area contributed by atoms with Crippen LogP contribution in [0.15, 0.2) is 48.5 Å². The second-order valence-electron chi connectivity index (χ2n) is 6.54. The van der Waals surface area contributed by atoms with Gasteiger partial charge in [0.2, 0.25) is 5.01 Å². The van der Waals surface area contributed by atoms with Crippen molar-refractivity contribution in [1.82, 2.24) is 15.1 Å². The quantitative estimate of drug-likeness (QED) is 0.658. The van der Waals surface area contributed by atoms with Gasteiger partial charge in [-0.2, -0.15) is 0 Å². The molecule has 0 spiro atoms. The van der Waals surface area contributed by atoms with Crippen molar-refractivity contribution in [2.24, 2.45) is 0 Å². The van der Waals surface area contributed by atoms with E-state index < -0.39 is 5.82 Å². The number of carbonyl (C=O) groups excluding carboxylic acids is 2. The summed E-state index contributed by atoms with van der Waals surface area (Å²) in [5, 5.41) is 12.2. The average Bonchev–Trinajstić information content (AvgIpc) is 3.39. The van der Waals surface area contributed by atoms with E-state index in [-0.39, 0.29) is 28.4 Å². The molecule has 1 aliphatic rings. The van der Waals surface area contributed by atoms with Crippen molar-refractivity contribution in [3.63, 3.8) is 0 Å². The summed E-state index contributed by atoms with van der Waals surface area (Å²) >= 11 is 6.98. The van der Waals surface area contributed by atoms with Crippen LogP contribution in [0.3, 0.4) is 0 Å². The highest BCUT2D eigenvalue weighted by molar-refractivity contribution is 7.13. The van der Waals surface area contributed by atoms with Crippen LogP contribution < -0.4 is 5.32 Å². The summed E-state index contributed by atoms with van der Waals surface area (Å²) in [6, 6.07) is 12.3. The molecule has 2 aromatic carbocycles. The SMILES string of the molecule is O=C(Nc1ccc(Cl)cc1)c1nnc(C2CCCN2C(=O)c2ccccc2F)s1. The molecule has 1 N–H and O–H groups in total. The summed E-state index contributed by atoms with van der Waals surface area (Å²) in [6.07, 6.45) is 1.46. The first-order valence-electron chi connectivity index (χ1n) is 8.99. The number of hydrogen-bond donors (Lipinski definition) is 1. The summed E-state index contributed by atoms with van der Waals surface area (Å²) in [7, 11) is 0. The largest absolute Gasteiger partial charge is 0.329 e. The molecule has 6 nitrogen and oxygen atoms in total. The minimum Gasteiger partial charge on any atom is -0.329 e. The number of hydrogen-bond acceptors (Lipinski definition) is 5. The van der Waals surface area contributed by atoms with Crippen molar-refractivity contribution in [1.29, 1.82) is 0 Å². The van der Waals surface area contributed by atoms with E-state index in [0.717, 1.165) is 17.8 Å². The molecule has 1 unspecified atom stereocenters. The zero-order valence-electron chi connectivity index (χ0n) is 15.1. The minimum absolute atomic E-state index is 0.0321. The fourth-order valence-corrected chi connectivity index (χ4v) is 4.25. The van der Waals surface area contributed by atoms with E-state index in [1.165, 1.54) is 12.1 Å². The van der Waals surface area contributed by atoms with Crippen LogP contribution in [0.25, 0.3) is 0 Å². The average molecular weight is 431 g/mol. The second-order valence-corrected chi connectivity index (χ2v) is 7.99. The molecule has 2 amide bonds. The number of anilines is 1. The molecule has 0 bridgehead atoms. The molecule has 2 heterocycles. The van der Waals surface area contributed by atoms with Gasteiger partial charge < -0.3 is 10.2 Å². The lowest BCUT2D eigenvalue weighted by Gasteiger charge is -2.23. The van der Waals surface area contributed by atoms with Gasteiger partial charge in [0.05, 0.1) is 11.6 Å². The fourth-order valence-electron chi connectivity index (χ4n) is 3.23. The van der Waals surface area contributed by atoms with E-state index in [0.29, 0.717) is 28.7 Å². The number of benzene rings is 2. The number of likely N-dealkylation sites (tertiary alicyclic amines) is 1. The summed E-state index contributed by atoms with van der Waals surface area (Å²) in [6.45, 7) is 0.504. The van der Waals surface area contributed by atoms with Crippen LogP contribution in [0.1, 0.15) is 44.1 Å². The molecule has 1 atom stereocenters. The molecule has 3 aromatic rings. The van der Waals surface area contributed by atoms with Gasteiger partial charge in [-0.3, -0.25) is 9.59 Å². The van der Waals surface area contributed by atoms with Gasteiger partial charge in [0.1, 0.15) is 10.8 Å². The molecule has 9 heteroatoms. The lowest BCUT2D eigenvalue weighted by molar-refractivity contribution is 0.0730. The third-order valence-electron chi connectivity index (χ3n) is 4.64. The van der Waals surface area contributed by atoms with Gasteiger partial charge in [-0.15, -0.1) is 10.2 Å². The molecule has 1 aliphatic heterocycles. The van der Waals surface area contributed by atoms with Crippen molar-refractivity contribution >= 4 is 40.4 Å². The Labute approximate surface area is 175 Å². The zero-order valence-corrected chi connectivity index (χ0v) is 16.7. The van der Waals surface area contributed by atoms with Crippen molar-refractivity contribution in [3.05, 3.63) is 74.9 Å². The van der Waals surface area contributed by atoms with E-state index in [1.54, 1.807) is 41.3 Å². The number of rotatable bonds is 4. The molecule has 1 aromatic heterocycles. The maximum Gasteiger partial charge on any atom is 0.286 e. The molecule has 1 fully saturated rings. The normalized spacial score (nSPS) is 16.1. The number of halogens is 2. The Morgan fingerprint density at radius 2 is 1.90 bits per heavy atom. The van der Waals surface area contributed by atoms with Crippen molar-refractivity contribution < 1.29 is 14.0 Å². The Balaban J connectivity index is 1.50. The number of aromatic nitrogens is 2. The fraction of sp³-hybridized carbons (Fsp3) is 0.200. The Bertz CT molecular complexity index is 1060. The summed E-state index contributed by atoms with van der Waals surface area (Å²) < 4.78 is 14.0. The predicted molar refractivity (Wildman–Crippen MR) is 109 cm³/mol. The van der Waals surface area contributed by atoms with Crippen LogP contribution in [0.2, 0.25) is 5.02 Å². The zero-order chi connectivity index (χ0) is 20.4. The molecule has 0 aliphatic carbocycles. The summed E-state index contributed by atoms with van der Waals surface area (Å²) in [4.78, 5) is 26.9. The van der Waals surface area contributed by atoms with Gasteiger partial charge in [-0.05, 0) is 49.2 Å². The van der Waals surface area contributed by atoms with Gasteiger partial charge >= 0.3 is 0 Å². The van der Waals surface area contributed by atoms with E-state index in [4.69, 9.17) is 11.6 Å². The monoisotopic (exact) mass is 430 g/mol. The standard InChI is InChI=1S/C20H16ClFN4O2S/c21-12-7-9-13(10-8-12)23-17(27)19-25-24-18(29-19)16-6-3-11-26(16)20(28)14-4-1-2-5-15(14)22/h1-2,4-5,7-10,16H,3,6,11H2,(H,23,27). The highest BCUT2D eigenvalue weighted by Gasteiger charge is 2.34. The molecular weight excluding hydrogens is 415 g/mol. The third-order valence-corrected chi connectivity index (χ3v) is 5.92. The maximum absolute atomic E-state index is 14.0. The van der Waals surface area contributed by atoms with Crippen molar-refractivity contribution in [2.45, 2.75) is 18.9 Å². The van der Waals surface area contributed by atoms with Crippen LogP contribution in [0, 0.1) is 5.82 Å². The molecule has 0 radical (unpaired) electrons. The lowest BCUT2D eigenvalue weighted by Crippen LogP contribution is -2.31. The minimum atomic E-state index is -0.552. The highest BCUT2D eigenvalue weighted by Crippen LogP contribution is 2.35. The third kappa shape index (κ3) is 4.13. The Morgan fingerprint density at radius 1 is 1.14 bits per heavy atom. The Morgan fingerprint density at radius 3 is 2.66 bits per heavy atom. The molecular formula is C20H16ClFN4O2S. The number of amides is 2. The van der Waals surface area contributed by atoms with Crippen molar-refractivity contribution in [3.8, 4) is 0 Å². The molecule has 29 heavy (non-hydrogen) atoms. The Hall–Kier alpha value is -2.84. The highest BCUT2D eigenvalue weighted by atomic mass is 35.5. The number of carbonyl (C=O) groups is 2. The first kappa shape index (κ1) is 19.5. The molecule has 148 valence electrons. The topological polar surface area (TPSA) is 75.2 Å². The molecule has 1 saturated heterocycles. The van der Waals surface area contributed by atoms with E-state index in [2.05, 4.69) is 15.5 Å². The van der Waals surface area contributed by atoms with Crippen LogP contribution >= 0.6 is 22.9 Å². The van der Waals surface area contributed by atoms with Gasteiger partial charge in [-0.1, -0.05) is 35.1 Å². The van der Waals surface area contributed by atoms with Gasteiger partial charge in [0.15, 0.2) is 0 Å². The van der Waals surface area contributed by atoms with E-state index in [1.807, 2.05) is 0 Å². The maximum atomic E-state index is 14.0. The first-order valence-corrected chi connectivity index (χ1v) is 10.2. The van der Waals surface area contributed by atoms with Crippen LogP contribution in [-0.2, 0) is 0 Å². The van der Waals surface area contributed by atoms with Crippen molar-refractivity contribution in [2.75, 3.05) is 11.9 Å². The van der Waals surface area contributed by atoms with E-state index >= 15 is 0 Å².